The molecule has 6 aliphatic rings. The van der Waals surface area contributed by atoms with E-state index in [1.165, 1.54) is 25.3 Å². The fourth-order valence-corrected chi connectivity index (χ4v) is 10.1. The van der Waals surface area contributed by atoms with E-state index in [4.69, 9.17) is 9.72 Å². The van der Waals surface area contributed by atoms with Crippen LogP contribution in [-0.4, -0.2) is 156 Å². The van der Waals surface area contributed by atoms with Crippen LogP contribution in [-0.2, 0) is 19.2 Å². The number of rotatable bonds is 11. The zero-order chi connectivity index (χ0) is 47.1. The van der Waals surface area contributed by atoms with Crippen LogP contribution >= 0.6 is 0 Å². The molecule has 1 aliphatic carbocycles. The van der Waals surface area contributed by atoms with Gasteiger partial charge in [0.05, 0.1) is 48.9 Å². The molecule has 67 heavy (non-hydrogen) atoms. The van der Waals surface area contributed by atoms with Gasteiger partial charge in [0.2, 0.25) is 29.3 Å². The first-order valence-electron chi connectivity index (χ1n) is 22.9. The summed E-state index contributed by atoms with van der Waals surface area (Å²) in [7, 11) is 3.00. The SMILES string of the molecule is C=C[C@@]1(F)CN(C2CCCC2)c2nc(Nc3ccc(C(=O)NC4CCN(C(=O)CN5CCN(c6cccc7c6C(=O)N(C6CCC(=O)NC6=O)C7=O)CC5)CC4)cc3OC)ncc2N(C)C1=O. The van der Waals surface area contributed by atoms with E-state index < -0.39 is 41.2 Å². The van der Waals surface area contributed by atoms with E-state index >= 15 is 4.39 Å². The highest BCUT2D eigenvalue weighted by molar-refractivity contribution is 6.25. The van der Waals surface area contributed by atoms with Crippen molar-refractivity contribution in [3.05, 3.63) is 71.9 Å². The first-order valence-corrected chi connectivity index (χ1v) is 22.9. The van der Waals surface area contributed by atoms with Crippen molar-refractivity contribution in [3.8, 4) is 5.75 Å². The second-order valence-corrected chi connectivity index (χ2v) is 18.0. The molecule has 1 unspecified atom stereocenters. The van der Waals surface area contributed by atoms with Crippen molar-refractivity contribution in [3.63, 3.8) is 0 Å². The fraction of sp³-hybridized carbons (Fsp3) is 0.468. The Morgan fingerprint density at radius 3 is 2.40 bits per heavy atom. The van der Waals surface area contributed by atoms with Crippen LogP contribution < -0.4 is 35.4 Å². The highest BCUT2D eigenvalue weighted by Gasteiger charge is 2.48. The summed E-state index contributed by atoms with van der Waals surface area (Å²) in [4.78, 5) is 111. The Morgan fingerprint density at radius 1 is 0.955 bits per heavy atom. The van der Waals surface area contributed by atoms with Gasteiger partial charge in [-0.25, -0.2) is 9.37 Å². The third kappa shape index (κ3) is 8.65. The van der Waals surface area contributed by atoms with E-state index in [1.54, 1.807) is 36.4 Å². The summed E-state index contributed by atoms with van der Waals surface area (Å²) in [5.74, 6) is -2.20. The van der Waals surface area contributed by atoms with Crippen LogP contribution in [0.5, 0.6) is 5.75 Å². The molecule has 20 heteroatoms. The zero-order valence-electron chi connectivity index (χ0n) is 37.6. The number of halogens is 1. The van der Waals surface area contributed by atoms with Crippen molar-refractivity contribution < 1.29 is 42.7 Å². The number of nitrogens with one attached hydrogen (secondary N) is 3. The molecule has 3 N–H and O–H groups in total. The Balaban J connectivity index is 0.767. The van der Waals surface area contributed by atoms with Gasteiger partial charge in [0.25, 0.3) is 23.6 Å². The topological polar surface area (TPSA) is 210 Å². The quantitative estimate of drug-likeness (QED) is 0.187. The maximum absolute atomic E-state index is 16.0. The van der Waals surface area contributed by atoms with Crippen LogP contribution in [0.3, 0.4) is 0 Å². The van der Waals surface area contributed by atoms with E-state index in [0.29, 0.717) is 86.3 Å². The van der Waals surface area contributed by atoms with E-state index in [0.717, 1.165) is 36.7 Å². The lowest BCUT2D eigenvalue weighted by molar-refractivity contribution is -0.136. The number of likely N-dealkylation sites (tertiary alicyclic amines) is 1. The lowest BCUT2D eigenvalue weighted by atomic mass is 10.0. The molecular formula is C47H54FN11O8. The summed E-state index contributed by atoms with van der Waals surface area (Å²) < 4.78 is 21.7. The summed E-state index contributed by atoms with van der Waals surface area (Å²) in [6.45, 7) is 6.73. The maximum atomic E-state index is 16.0. The van der Waals surface area contributed by atoms with Gasteiger partial charge in [-0.1, -0.05) is 25.5 Å². The first kappa shape index (κ1) is 45.2. The average molecular weight is 920 g/mol. The number of nitrogens with zero attached hydrogens (tertiary/aromatic N) is 8. The number of hydrogen-bond acceptors (Lipinski definition) is 14. The average Bonchev–Trinajstić information content (AvgIpc) is 3.95. The minimum Gasteiger partial charge on any atom is -0.495 e. The number of ether oxygens (including phenoxy) is 1. The number of fused-ring (bicyclic) bond motifs is 2. The number of aromatic nitrogens is 2. The smallest absolute Gasteiger partial charge is 0.270 e. The molecule has 0 bridgehead atoms. The van der Waals surface area contributed by atoms with Crippen molar-refractivity contribution in [2.75, 3.05) is 86.5 Å². The van der Waals surface area contributed by atoms with Crippen LogP contribution in [0.15, 0.2) is 55.3 Å². The number of benzene rings is 2. The number of anilines is 5. The molecule has 4 fully saturated rings. The molecule has 352 valence electrons. The van der Waals surface area contributed by atoms with Crippen LogP contribution in [0.4, 0.5) is 33.2 Å². The molecule has 3 aromatic rings. The van der Waals surface area contributed by atoms with E-state index in [1.807, 2.05) is 14.7 Å². The van der Waals surface area contributed by atoms with Crippen LogP contribution in [0.2, 0.25) is 0 Å². The fourth-order valence-electron chi connectivity index (χ4n) is 10.1. The molecule has 1 aromatic heterocycles. The molecule has 9 rings (SSSR count). The molecule has 2 aromatic carbocycles. The molecule has 5 aliphatic heterocycles. The minimum absolute atomic E-state index is 0.00274. The Kier molecular flexibility index (Phi) is 12.4. The second kappa shape index (κ2) is 18.4. The molecule has 2 atom stereocenters. The Hall–Kier alpha value is -6.96. The monoisotopic (exact) mass is 919 g/mol. The summed E-state index contributed by atoms with van der Waals surface area (Å²) in [5.41, 5.74) is 0.0490. The molecule has 7 amide bonds. The van der Waals surface area contributed by atoms with Crippen molar-refractivity contribution in [1.29, 1.82) is 0 Å². The molecule has 0 spiro atoms. The van der Waals surface area contributed by atoms with Crippen LogP contribution in [0.25, 0.3) is 0 Å². The number of imide groups is 2. The summed E-state index contributed by atoms with van der Waals surface area (Å²) in [6.07, 6.45) is 7.53. The van der Waals surface area contributed by atoms with Gasteiger partial charge in [-0.05, 0) is 68.5 Å². The number of methoxy groups -OCH3 is 1. The molecule has 0 radical (unpaired) electrons. The highest BCUT2D eigenvalue weighted by atomic mass is 19.1. The summed E-state index contributed by atoms with van der Waals surface area (Å²) in [5, 5.41) is 8.52. The Morgan fingerprint density at radius 2 is 1.70 bits per heavy atom. The lowest BCUT2D eigenvalue weighted by Crippen LogP contribution is -2.54. The predicted octanol–water partition coefficient (Wildman–Crippen LogP) is 2.79. The number of piperazine rings is 1. The lowest BCUT2D eigenvalue weighted by Gasteiger charge is -2.38. The first-order chi connectivity index (χ1) is 32.3. The van der Waals surface area contributed by atoms with Gasteiger partial charge >= 0.3 is 0 Å². The Labute approximate surface area is 386 Å². The van der Waals surface area contributed by atoms with Crippen LogP contribution in [0, 0.1) is 0 Å². The van der Waals surface area contributed by atoms with Gasteiger partial charge in [-0.15, -0.1) is 0 Å². The maximum Gasteiger partial charge on any atom is 0.270 e. The largest absolute Gasteiger partial charge is 0.495 e. The van der Waals surface area contributed by atoms with Gasteiger partial charge in [-0.2, -0.15) is 4.98 Å². The minimum atomic E-state index is -2.30. The molecule has 19 nitrogen and oxygen atoms in total. The number of alkyl halides is 1. The van der Waals surface area contributed by atoms with Gasteiger partial charge in [-0.3, -0.25) is 48.7 Å². The summed E-state index contributed by atoms with van der Waals surface area (Å²) in [6, 6.07) is 8.87. The van der Waals surface area contributed by atoms with Gasteiger partial charge in [0.15, 0.2) is 5.82 Å². The molecule has 6 heterocycles. The highest BCUT2D eigenvalue weighted by Crippen LogP contribution is 2.40. The number of amides is 7. The van der Waals surface area contributed by atoms with Crippen molar-refractivity contribution in [2.45, 2.75) is 75.2 Å². The Bertz CT molecular complexity index is 2540. The van der Waals surface area contributed by atoms with Crippen molar-refractivity contribution in [1.82, 2.24) is 35.3 Å². The van der Waals surface area contributed by atoms with Gasteiger partial charge in [0.1, 0.15) is 17.5 Å². The van der Waals surface area contributed by atoms with Crippen LogP contribution in [0.1, 0.15) is 82.4 Å². The third-order valence-electron chi connectivity index (χ3n) is 13.9. The molecule has 1 saturated carbocycles. The normalized spacial score (nSPS) is 22.9. The number of hydrogen-bond donors (Lipinski definition) is 3. The van der Waals surface area contributed by atoms with E-state index in [2.05, 4.69) is 32.4 Å². The van der Waals surface area contributed by atoms with E-state index in [-0.39, 0.29) is 66.9 Å². The third-order valence-corrected chi connectivity index (χ3v) is 13.9. The number of carbonyl (C=O) groups excluding carboxylic acids is 7. The summed E-state index contributed by atoms with van der Waals surface area (Å²) >= 11 is 0. The molecular weight excluding hydrogens is 866 g/mol. The van der Waals surface area contributed by atoms with Gasteiger partial charge in [0, 0.05) is 70.4 Å². The molecule has 3 saturated heterocycles. The number of piperidine rings is 2. The standard InChI is InChI=1S/C47H54FN11O8/c1-4-47(48)27-58(30-8-5-6-9-30)40-35(54(2)45(47)66)25-49-46(53-40)51-32-13-12-28(24-36(32)67-3)41(62)50-29-16-18-57(19-17-29)38(61)26-55-20-22-56(23-21-55)33-11-7-10-31-39(33)44(65)59(43(31)64)34-14-15-37(60)52-42(34)63/h4,7,10-13,24-25,29-30,34H,1,5-6,8-9,14-23,26-27H2,2-3H3,(H,50,62)(H,49,51,53)(H,52,60,63)/t34?,47-/m1/s1. The predicted molar refractivity (Wildman–Crippen MR) is 244 cm³/mol. The van der Waals surface area contributed by atoms with Gasteiger partial charge < -0.3 is 35.0 Å². The zero-order valence-corrected chi connectivity index (χ0v) is 37.6. The second-order valence-electron chi connectivity index (χ2n) is 18.0. The van der Waals surface area contributed by atoms with Crippen molar-refractivity contribution >= 4 is 70.2 Å². The number of carbonyl (C=O) groups is 7. The van der Waals surface area contributed by atoms with Crippen molar-refractivity contribution in [2.24, 2.45) is 0 Å². The van der Waals surface area contributed by atoms with E-state index in [9.17, 15) is 33.6 Å².